The third kappa shape index (κ3) is 3.60. The van der Waals surface area contributed by atoms with E-state index in [1.54, 1.807) is 5.56 Å². The molecular weight excluding hydrogens is 216 g/mol. The molecule has 1 aromatic carbocycles. The van der Waals surface area contributed by atoms with Gasteiger partial charge < -0.3 is 0 Å². The smallest absolute Gasteiger partial charge is 0.00677 e. The zero-order chi connectivity index (χ0) is 14.0. The molecule has 3 rings (SSSR count). The van der Waals surface area contributed by atoms with Gasteiger partial charge in [0.15, 0.2) is 0 Å². The highest BCUT2D eigenvalue weighted by Gasteiger charge is 2.20. The molecule has 1 atom stereocenters. The third-order valence-corrected chi connectivity index (χ3v) is 2.74. The van der Waals surface area contributed by atoms with Crippen LogP contribution in [-0.2, 0) is 0 Å². The average molecular weight is 244 g/mol. The first kappa shape index (κ1) is 16.7. The third-order valence-electron chi connectivity index (χ3n) is 2.74. The zero-order valence-corrected chi connectivity index (χ0v) is 12.8. The second kappa shape index (κ2) is 9.70. The second-order valence-electron chi connectivity index (χ2n) is 3.45. The summed E-state index contributed by atoms with van der Waals surface area (Å²) >= 11 is 0. The van der Waals surface area contributed by atoms with Crippen molar-refractivity contribution in [2.75, 3.05) is 0 Å². The lowest BCUT2D eigenvalue weighted by molar-refractivity contribution is 0.868. The number of benzene rings is 1. The normalized spacial score (nSPS) is 16.2. The molecule has 0 N–H and O–H groups in total. The van der Waals surface area contributed by atoms with Crippen molar-refractivity contribution < 1.29 is 0 Å². The van der Waals surface area contributed by atoms with E-state index in [4.69, 9.17) is 0 Å². The Bertz CT molecular complexity index is 383. The molecular formula is C18H28. The van der Waals surface area contributed by atoms with Gasteiger partial charge in [-0.25, -0.2) is 0 Å². The highest BCUT2D eigenvalue weighted by Crippen LogP contribution is 2.38. The molecule has 0 spiro atoms. The summed E-state index contributed by atoms with van der Waals surface area (Å²) in [6, 6.07) is 6.54. The van der Waals surface area contributed by atoms with E-state index in [-0.39, 0.29) is 0 Å². The standard InChI is InChI=1S/C12H10.3C2H6/c1-3-9-4-2-6-11-8-7-10(5-1)12(9)11;3*1-2/h1-5,7-8,11H,6H2;3*1-2H3. The summed E-state index contributed by atoms with van der Waals surface area (Å²) in [7, 11) is 0. The summed E-state index contributed by atoms with van der Waals surface area (Å²) in [6.45, 7) is 12.0. The van der Waals surface area contributed by atoms with Gasteiger partial charge in [0.1, 0.15) is 0 Å². The van der Waals surface area contributed by atoms with Gasteiger partial charge in [-0.3, -0.25) is 0 Å². The molecule has 18 heavy (non-hydrogen) atoms. The molecule has 100 valence electrons. The Balaban J connectivity index is 0.000000429. The van der Waals surface area contributed by atoms with Crippen LogP contribution in [0.5, 0.6) is 0 Å². The van der Waals surface area contributed by atoms with Gasteiger partial charge in [0.05, 0.1) is 0 Å². The van der Waals surface area contributed by atoms with Crippen molar-refractivity contribution >= 4 is 12.2 Å². The predicted octanol–water partition coefficient (Wildman–Crippen LogP) is 6.29. The van der Waals surface area contributed by atoms with Crippen LogP contribution in [0.4, 0.5) is 0 Å². The lowest BCUT2D eigenvalue weighted by Crippen LogP contribution is -1.98. The molecule has 1 aromatic rings. The molecule has 0 radical (unpaired) electrons. The largest absolute Gasteiger partial charge is 0.0830 e. The van der Waals surface area contributed by atoms with E-state index in [0.29, 0.717) is 5.92 Å². The van der Waals surface area contributed by atoms with Crippen molar-refractivity contribution in [2.24, 2.45) is 0 Å². The highest BCUT2D eigenvalue weighted by molar-refractivity contribution is 5.72. The van der Waals surface area contributed by atoms with Crippen molar-refractivity contribution in [3.63, 3.8) is 0 Å². The Labute approximate surface area is 113 Å². The first-order valence-corrected chi connectivity index (χ1v) is 7.43. The Hall–Kier alpha value is -1.30. The Kier molecular flexibility index (Phi) is 9.00. The van der Waals surface area contributed by atoms with Gasteiger partial charge in [0.2, 0.25) is 0 Å². The fourth-order valence-electron chi connectivity index (χ4n) is 2.17. The zero-order valence-electron chi connectivity index (χ0n) is 12.8. The van der Waals surface area contributed by atoms with E-state index in [0.717, 1.165) is 0 Å². The fourth-order valence-corrected chi connectivity index (χ4v) is 2.17. The van der Waals surface area contributed by atoms with E-state index in [9.17, 15) is 0 Å². The lowest BCUT2D eigenvalue weighted by atomic mass is 9.88. The van der Waals surface area contributed by atoms with Gasteiger partial charge in [-0.1, -0.05) is 84.0 Å². The van der Waals surface area contributed by atoms with Gasteiger partial charge in [-0.2, -0.15) is 0 Å². The molecule has 0 aromatic heterocycles. The van der Waals surface area contributed by atoms with E-state index in [1.807, 2.05) is 41.5 Å². The van der Waals surface area contributed by atoms with E-state index in [2.05, 4.69) is 42.5 Å². The van der Waals surface area contributed by atoms with Crippen LogP contribution in [0.3, 0.4) is 0 Å². The Morgan fingerprint density at radius 3 is 2.00 bits per heavy atom. The molecule has 0 heteroatoms. The van der Waals surface area contributed by atoms with Gasteiger partial charge >= 0.3 is 0 Å². The van der Waals surface area contributed by atoms with E-state index >= 15 is 0 Å². The molecule has 0 saturated heterocycles. The molecule has 0 fully saturated rings. The fraction of sp³-hybridized carbons (Fsp3) is 0.444. The maximum absolute atomic E-state index is 2.32. The summed E-state index contributed by atoms with van der Waals surface area (Å²) in [5.74, 6) is 0.668. The summed E-state index contributed by atoms with van der Waals surface area (Å²) in [4.78, 5) is 0. The van der Waals surface area contributed by atoms with Crippen molar-refractivity contribution in [3.8, 4) is 0 Å². The maximum Gasteiger partial charge on any atom is 0.00677 e. The predicted molar refractivity (Wildman–Crippen MR) is 85.9 cm³/mol. The van der Waals surface area contributed by atoms with Crippen LogP contribution in [0.1, 0.15) is 70.6 Å². The van der Waals surface area contributed by atoms with Crippen LogP contribution in [0.25, 0.3) is 12.2 Å². The van der Waals surface area contributed by atoms with Gasteiger partial charge in [-0.05, 0) is 23.1 Å². The first-order chi connectivity index (χ1) is 8.95. The highest BCUT2D eigenvalue weighted by atomic mass is 14.2. The van der Waals surface area contributed by atoms with Crippen LogP contribution in [-0.4, -0.2) is 0 Å². The van der Waals surface area contributed by atoms with E-state index < -0.39 is 0 Å². The monoisotopic (exact) mass is 244 g/mol. The van der Waals surface area contributed by atoms with E-state index in [1.165, 1.54) is 17.5 Å². The Morgan fingerprint density at radius 2 is 1.39 bits per heavy atom. The van der Waals surface area contributed by atoms with Crippen molar-refractivity contribution in [1.82, 2.24) is 0 Å². The van der Waals surface area contributed by atoms with Crippen LogP contribution >= 0.6 is 0 Å². The number of hydrogen-bond acceptors (Lipinski definition) is 0. The van der Waals surface area contributed by atoms with Crippen LogP contribution < -0.4 is 0 Å². The van der Waals surface area contributed by atoms with Crippen LogP contribution in [0.2, 0.25) is 0 Å². The molecule has 0 bridgehead atoms. The van der Waals surface area contributed by atoms with Gasteiger partial charge in [0.25, 0.3) is 0 Å². The molecule has 2 aliphatic rings. The van der Waals surface area contributed by atoms with Crippen LogP contribution in [0.15, 0.2) is 30.4 Å². The first-order valence-electron chi connectivity index (χ1n) is 7.43. The summed E-state index contributed by atoms with van der Waals surface area (Å²) in [5, 5.41) is 0. The second-order valence-corrected chi connectivity index (χ2v) is 3.45. The number of hydrogen-bond donors (Lipinski definition) is 0. The molecule has 2 aliphatic carbocycles. The summed E-state index contributed by atoms with van der Waals surface area (Å²) in [5.41, 5.74) is 4.37. The minimum Gasteiger partial charge on any atom is -0.0830 e. The van der Waals surface area contributed by atoms with Gasteiger partial charge in [0, 0.05) is 5.92 Å². The van der Waals surface area contributed by atoms with Crippen molar-refractivity contribution in [1.29, 1.82) is 0 Å². The van der Waals surface area contributed by atoms with Crippen LogP contribution in [0, 0.1) is 0 Å². The Morgan fingerprint density at radius 1 is 0.833 bits per heavy atom. The SMILES string of the molecule is C1=Cc2cccc3c2C(C=C3)C1.CC.CC.CC. The maximum atomic E-state index is 2.32. The average Bonchev–Trinajstić information content (AvgIpc) is 2.92. The minimum atomic E-state index is 0.668. The minimum absolute atomic E-state index is 0.668. The molecule has 1 unspecified atom stereocenters. The van der Waals surface area contributed by atoms with Gasteiger partial charge in [-0.15, -0.1) is 0 Å². The summed E-state index contributed by atoms with van der Waals surface area (Å²) < 4.78 is 0. The molecule has 0 aliphatic heterocycles. The topological polar surface area (TPSA) is 0 Å². The number of allylic oxidation sites excluding steroid dienone is 2. The quantitative estimate of drug-likeness (QED) is 0.503. The molecule has 0 saturated carbocycles. The summed E-state index contributed by atoms with van der Waals surface area (Å²) in [6.07, 6.45) is 10.3. The number of rotatable bonds is 0. The molecule has 0 amide bonds. The molecule has 0 nitrogen and oxygen atoms in total. The lowest BCUT2D eigenvalue weighted by Gasteiger charge is -2.16. The molecule has 0 heterocycles. The van der Waals surface area contributed by atoms with Crippen molar-refractivity contribution in [3.05, 3.63) is 47.0 Å². The van der Waals surface area contributed by atoms with Crippen molar-refractivity contribution in [2.45, 2.75) is 53.9 Å².